The quantitative estimate of drug-likeness (QED) is 0.442. The van der Waals surface area contributed by atoms with Crippen LogP contribution in [0.5, 0.6) is 0 Å². The fourth-order valence-corrected chi connectivity index (χ4v) is 0.711. The normalized spacial score (nSPS) is 12.8. The van der Waals surface area contributed by atoms with E-state index in [1.807, 2.05) is 13.8 Å². The Morgan fingerprint density at radius 1 is 1.56 bits per heavy atom. The molecule has 0 rings (SSSR count). The highest BCUT2D eigenvalue weighted by atomic mass is 16.5. The largest absolute Gasteiger partial charge is 0.365 e. The zero-order valence-electron chi connectivity index (χ0n) is 5.96. The minimum Gasteiger partial charge on any atom is -0.365 e. The summed E-state index contributed by atoms with van der Waals surface area (Å²) in [5, 5.41) is 17.3. The molecule has 0 aliphatic carbocycles. The van der Waals surface area contributed by atoms with Crippen molar-refractivity contribution in [3.05, 3.63) is 11.6 Å². The highest BCUT2D eigenvalue weighted by molar-refractivity contribution is 5.02. The zero-order chi connectivity index (χ0) is 7.28. The van der Waals surface area contributed by atoms with Crippen molar-refractivity contribution < 1.29 is 10.2 Å². The third-order valence-corrected chi connectivity index (χ3v) is 1.24. The highest BCUT2D eigenvalue weighted by Crippen LogP contribution is 2.06. The molecule has 2 nitrogen and oxygen atoms in total. The lowest BCUT2D eigenvalue weighted by Gasteiger charge is -2.05. The SMILES string of the molecule is CC=C(CCC)C(O)O. The maximum atomic E-state index is 8.63. The smallest absolute Gasteiger partial charge is 0.174 e. The van der Waals surface area contributed by atoms with Gasteiger partial charge in [-0.2, -0.15) is 0 Å². The van der Waals surface area contributed by atoms with Gasteiger partial charge in [-0.05, 0) is 18.9 Å². The second kappa shape index (κ2) is 4.53. The second-order valence-corrected chi connectivity index (χ2v) is 1.99. The molecular formula is C7H14O2. The molecule has 0 aromatic carbocycles. The predicted octanol–water partition coefficient (Wildman–Crippen LogP) is 1.04. The molecule has 0 heterocycles. The Hall–Kier alpha value is -0.340. The van der Waals surface area contributed by atoms with Crippen molar-refractivity contribution in [3.8, 4) is 0 Å². The standard InChI is InChI=1S/C7H14O2/c1-3-5-6(4-2)7(8)9/h4,7-9H,3,5H2,1-2H3. The van der Waals surface area contributed by atoms with Crippen LogP contribution in [0.1, 0.15) is 26.7 Å². The average molecular weight is 130 g/mol. The van der Waals surface area contributed by atoms with E-state index in [9.17, 15) is 0 Å². The van der Waals surface area contributed by atoms with Crippen LogP contribution in [0.4, 0.5) is 0 Å². The maximum absolute atomic E-state index is 8.63. The molecule has 54 valence electrons. The number of allylic oxidation sites excluding steroid dienone is 1. The highest BCUT2D eigenvalue weighted by Gasteiger charge is 2.01. The first-order valence-corrected chi connectivity index (χ1v) is 3.23. The van der Waals surface area contributed by atoms with E-state index < -0.39 is 6.29 Å². The molecule has 0 fully saturated rings. The lowest BCUT2D eigenvalue weighted by Crippen LogP contribution is -2.07. The molecule has 0 saturated heterocycles. The Kier molecular flexibility index (Phi) is 4.36. The van der Waals surface area contributed by atoms with Gasteiger partial charge in [0, 0.05) is 0 Å². The van der Waals surface area contributed by atoms with Crippen LogP contribution in [0.25, 0.3) is 0 Å². The Morgan fingerprint density at radius 2 is 2.11 bits per heavy atom. The molecule has 0 saturated carbocycles. The van der Waals surface area contributed by atoms with Crippen LogP contribution in [0.2, 0.25) is 0 Å². The van der Waals surface area contributed by atoms with Crippen molar-refractivity contribution in [3.63, 3.8) is 0 Å². The van der Waals surface area contributed by atoms with Gasteiger partial charge in [-0.25, -0.2) is 0 Å². The van der Waals surface area contributed by atoms with Gasteiger partial charge in [0.25, 0.3) is 0 Å². The van der Waals surface area contributed by atoms with E-state index in [0.717, 1.165) is 12.8 Å². The summed E-state index contributed by atoms with van der Waals surface area (Å²) in [5.41, 5.74) is 0.706. The Morgan fingerprint density at radius 3 is 2.22 bits per heavy atom. The Balaban J connectivity index is 3.70. The van der Waals surface area contributed by atoms with E-state index in [1.54, 1.807) is 6.08 Å². The zero-order valence-corrected chi connectivity index (χ0v) is 5.96. The first kappa shape index (κ1) is 8.66. The third-order valence-electron chi connectivity index (χ3n) is 1.24. The maximum Gasteiger partial charge on any atom is 0.174 e. The summed E-state index contributed by atoms with van der Waals surface area (Å²) in [6, 6.07) is 0. The molecule has 0 spiro atoms. The van der Waals surface area contributed by atoms with Crippen molar-refractivity contribution in [1.82, 2.24) is 0 Å². The van der Waals surface area contributed by atoms with Gasteiger partial charge in [-0.15, -0.1) is 0 Å². The summed E-state index contributed by atoms with van der Waals surface area (Å²) in [4.78, 5) is 0. The molecule has 0 unspecified atom stereocenters. The summed E-state index contributed by atoms with van der Waals surface area (Å²) in [6.45, 7) is 3.82. The molecule has 0 radical (unpaired) electrons. The van der Waals surface area contributed by atoms with Gasteiger partial charge in [-0.3, -0.25) is 0 Å². The lowest BCUT2D eigenvalue weighted by atomic mass is 10.1. The second-order valence-electron chi connectivity index (χ2n) is 1.99. The van der Waals surface area contributed by atoms with Crippen LogP contribution in [0, 0.1) is 0 Å². The summed E-state index contributed by atoms with van der Waals surface area (Å²) in [7, 11) is 0. The molecule has 0 aliphatic rings. The molecule has 2 heteroatoms. The van der Waals surface area contributed by atoms with Gasteiger partial charge < -0.3 is 10.2 Å². The van der Waals surface area contributed by atoms with Gasteiger partial charge in [0.05, 0.1) is 0 Å². The Bertz CT molecular complexity index is 95.1. The lowest BCUT2D eigenvalue weighted by molar-refractivity contribution is -0.0104. The van der Waals surface area contributed by atoms with Crippen molar-refractivity contribution in [2.75, 3.05) is 0 Å². The molecule has 0 aromatic rings. The molecular weight excluding hydrogens is 116 g/mol. The molecule has 0 atom stereocenters. The Labute approximate surface area is 55.8 Å². The average Bonchev–Trinajstić information content (AvgIpc) is 1.82. The fraction of sp³-hybridized carbons (Fsp3) is 0.714. The van der Waals surface area contributed by atoms with Crippen LogP contribution in [0.3, 0.4) is 0 Å². The first-order chi connectivity index (χ1) is 4.22. The van der Waals surface area contributed by atoms with E-state index >= 15 is 0 Å². The third kappa shape index (κ3) is 3.27. The number of hydrogen-bond acceptors (Lipinski definition) is 2. The molecule has 2 N–H and O–H groups in total. The van der Waals surface area contributed by atoms with Crippen molar-refractivity contribution >= 4 is 0 Å². The molecule has 0 bridgehead atoms. The minimum atomic E-state index is -1.25. The van der Waals surface area contributed by atoms with Crippen LogP contribution < -0.4 is 0 Å². The monoisotopic (exact) mass is 130 g/mol. The minimum absolute atomic E-state index is 0.706. The van der Waals surface area contributed by atoms with Gasteiger partial charge >= 0.3 is 0 Å². The van der Waals surface area contributed by atoms with E-state index in [-0.39, 0.29) is 0 Å². The van der Waals surface area contributed by atoms with Gasteiger partial charge in [0.15, 0.2) is 6.29 Å². The van der Waals surface area contributed by atoms with Gasteiger partial charge in [-0.1, -0.05) is 19.4 Å². The number of aliphatic hydroxyl groups is 2. The summed E-state index contributed by atoms with van der Waals surface area (Å²) < 4.78 is 0. The van der Waals surface area contributed by atoms with Crippen LogP contribution >= 0.6 is 0 Å². The fourth-order valence-electron chi connectivity index (χ4n) is 0.711. The van der Waals surface area contributed by atoms with Gasteiger partial charge in [0.1, 0.15) is 0 Å². The van der Waals surface area contributed by atoms with Crippen LogP contribution in [-0.2, 0) is 0 Å². The summed E-state index contributed by atoms with van der Waals surface area (Å²) in [5.74, 6) is 0. The topological polar surface area (TPSA) is 40.5 Å². The summed E-state index contributed by atoms with van der Waals surface area (Å²) >= 11 is 0. The van der Waals surface area contributed by atoms with E-state index in [2.05, 4.69) is 0 Å². The number of hydrogen-bond donors (Lipinski definition) is 2. The summed E-state index contributed by atoms with van der Waals surface area (Å²) in [6.07, 6.45) is 2.22. The van der Waals surface area contributed by atoms with Gasteiger partial charge in [0.2, 0.25) is 0 Å². The molecule has 0 aliphatic heterocycles. The predicted molar refractivity (Wildman–Crippen MR) is 36.9 cm³/mol. The van der Waals surface area contributed by atoms with E-state index in [0.29, 0.717) is 5.57 Å². The molecule has 0 aromatic heterocycles. The van der Waals surface area contributed by atoms with E-state index in [1.165, 1.54) is 0 Å². The molecule has 0 amide bonds. The van der Waals surface area contributed by atoms with Crippen molar-refractivity contribution in [2.45, 2.75) is 33.0 Å². The van der Waals surface area contributed by atoms with Crippen molar-refractivity contribution in [1.29, 1.82) is 0 Å². The first-order valence-electron chi connectivity index (χ1n) is 3.23. The number of aliphatic hydroxyl groups excluding tert-OH is 1. The van der Waals surface area contributed by atoms with Crippen LogP contribution in [0.15, 0.2) is 11.6 Å². The van der Waals surface area contributed by atoms with Crippen molar-refractivity contribution in [2.24, 2.45) is 0 Å². The van der Waals surface area contributed by atoms with E-state index in [4.69, 9.17) is 10.2 Å². The molecule has 9 heavy (non-hydrogen) atoms. The van der Waals surface area contributed by atoms with Crippen LogP contribution in [-0.4, -0.2) is 16.5 Å². The number of rotatable bonds is 3.